The first kappa shape index (κ1) is 23.4. The van der Waals surface area contributed by atoms with Crippen molar-refractivity contribution in [3.8, 4) is 0 Å². The quantitative estimate of drug-likeness (QED) is 0.756. The van der Waals surface area contributed by atoms with Crippen molar-refractivity contribution in [3.63, 3.8) is 0 Å². The first-order valence-electron chi connectivity index (χ1n) is 9.03. The van der Waals surface area contributed by atoms with Gasteiger partial charge in [0.1, 0.15) is 0 Å². The summed E-state index contributed by atoms with van der Waals surface area (Å²) >= 11 is 1.87. The van der Waals surface area contributed by atoms with Gasteiger partial charge in [-0.1, -0.05) is 0 Å². The van der Waals surface area contributed by atoms with Crippen molar-refractivity contribution in [2.24, 2.45) is 11.3 Å². The monoisotopic (exact) mass is 437 g/mol. The highest BCUT2D eigenvalue weighted by Gasteiger charge is 2.50. The minimum absolute atomic E-state index is 0.0210. The summed E-state index contributed by atoms with van der Waals surface area (Å²) in [6.07, 6.45) is -5.08. The molecule has 0 unspecified atom stereocenters. The van der Waals surface area contributed by atoms with Gasteiger partial charge in [-0.25, -0.2) is 9.59 Å². The maximum absolute atomic E-state index is 11.8. The van der Waals surface area contributed by atoms with Gasteiger partial charge in [0, 0.05) is 61.4 Å². The molecular formula is C18H26F3N3O4S. The Bertz CT molecular complexity index is 725. The molecule has 7 nitrogen and oxygen atoms in total. The molecule has 1 aromatic heterocycles. The van der Waals surface area contributed by atoms with Crippen LogP contribution in [0.4, 0.5) is 18.0 Å². The smallest absolute Gasteiger partial charge is 0.475 e. The van der Waals surface area contributed by atoms with E-state index in [4.69, 9.17) is 14.6 Å². The third-order valence-electron chi connectivity index (χ3n) is 5.01. The van der Waals surface area contributed by atoms with E-state index in [2.05, 4.69) is 29.3 Å². The number of amides is 2. The SMILES string of the molecule is Cc1ccc(CN2C[C@@H]3COC[C@]3(CNC(=O)N(C)C)C2)s1.O=C(O)C(F)(F)F. The van der Waals surface area contributed by atoms with Crippen molar-refractivity contribution < 1.29 is 32.6 Å². The Kier molecular flexibility index (Phi) is 7.52. The van der Waals surface area contributed by atoms with Crippen molar-refractivity contribution in [2.45, 2.75) is 19.6 Å². The lowest BCUT2D eigenvalue weighted by atomic mass is 9.81. The largest absolute Gasteiger partial charge is 0.490 e. The van der Waals surface area contributed by atoms with Gasteiger partial charge in [-0.05, 0) is 19.1 Å². The molecule has 2 saturated heterocycles. The number of halogens is 3. The molecule has 2 aliphatic heterocycles. The van der Waals surface area contributed by atoms with E-state index >= 15 is 0 Å². The summed E-state index contributed by atoms with van der Waals surface area (Å²) in [6.45, 7) is 7.51. The summed E-state index contributed by atoms with van der Waals surface area (Å²) in [4.78, 5) is 27.6. The van der Waals surface area contributed by atoms with Gasteiger partial charge in [0.05, 0.1) is 13.2 Å². The number of fused-ring (bicyclic) bond motifs is 1. The van der Waals surface area contributed by atoms with Crippen LogP contribution in [0, 0.1) is 18.3 Å². The number of urea groups is 1. The minimum atomic E-state index is -5.08. The van der Waals surface area contributed by atoms with E-state index in [1.807, 2.05) is 11.3 Å². The summed E-state index contributed by atoms with van der Waals surface area (Å²) < 4.78 is 37.5. The molecule has 11 heteroatoms. The van der Waals surface area contributed by atoms with Gasteiger partial charge in [0.25, 0.3) is 0 Å². The Morgan fingerprint density at radius 2 is 2.07 bits per heavy atom. The molecule has 164 valence electrons. The van der Waals surface area contributed by atoms with Crippen molar-refractivity contribution in [1.29, 1.82) is 0 Å². The number of aliphatic carboxylic acids is 1. The second-order valence-corrected chi connectivity index (χ2v) is 8.98. The van der Waals surface area contributed by atoms with Crippen LogP contribution in [0.5, 0.6) is 0 Å². The van der Waals surface area contributed by atoms with Crippen LogP contribution in [0.15, 0.2) is 12.1 Å². The standard InChI is InChI=1S/C16H25N3O2S.C2HF3O2/c1-12-4-5-14(22-12)7-19-6-13-8-21-11-16(13,10-19)9-17-15(20)18(2)3;3-2(4,5)1(6)7/h4-5,13H,6-11H2,1-3H3,(H,17,20);(H,6,7)/t13-,16+;/m1./s1. The second-order valence-electron chi connectivity index (χ2n) is 7.61. The first-order chi connectivity index (χ1) is 13.4. The number of thiophene rings is 1. The molecule has 0 radical (unpaired) electrons. The molecule has 2 N–H and O–H groups in total. The Hall–Kier alpha value is -1.85. The van der Waals surface area contributed by atoms with Crippen LogP contribution < -0.4 is 5.32 Å². The molecule has 2 amide bonds. The average molecular weight is 437 g/mol. The fourth-order valence-corrected chi connectivity index (χ4v) is 4.45. The van der Waals surface area contributed by atoms with Crippen LogP contribution in [0.3, 0.4) is 0 Å². The number of alkyl halides is 3. The Morgan fingerprint density at radius 3 is 2.59 bits per heavy atom. The lowest BCUT2D eigenvalue weighted by molar-refractivity contribution is -0.192. The molecule has 0 aromatic carbocycles. The number of likely N-dealkylation sites (tertiary alicyclic amines) is 1. The van der Waals surface area contributed by atoms with E-state index < -0.39 is 12.1 Å². The Labute approximate surface area is 171 Å². The van der Waals surface area contributed by atoms with Crippen molar-refractivity contribution >= 4 is 23.3 Å². The highest BCUT2D eigenvalue weighted by molar-refractivity contribution is 7.11. The summed E-state index contributed by atoms with van der Waals surface area (Å²) in [5, 5.41) is 10.2. The molecule has 0 bridgehead atoms. The molecule has 0 aliphatic carbocycles. The molecule has 2 fully saturated rings. The van der Waals surface area contributed by atoms with E-state index in [9.17, 15) is 18.0 Å². The molecule has 2 atom stereocenters. The van der Waals surface area contributed by atoms with Gasteiger partial charge < -0.3 is 20.1 Å². The third kappa shape index (κ3) is 6.31. The van der Waals surface area contributed by atoms with Crippen LogP contribution >= 0.6 is 11.3 Å². The number of hydrogen-bond acceptors (Lipinski definition) is 5. The fourth-order valence-electron chi connectivity index (χ4n) is 3.51. The van der Waals surface area contributed by atoms with E-state index in [-0.39, 0.29) is 11.4 Å². The lowest BCUT2D eigenvalue weighted by Crippen LogP contribution is -2.45. The first-order valence-corrected chi connectivity index (χ1v) is 9.85. The normalized spacial score (nSPS) is 23.9. The number of nitrogens with zero attached hydrogens (tertiary/aromatic N) is 2. The van der Waals surface area contributed by atoms with Crippen LogP contribution in [-0.4, -0.2) is 80.0 Å². The van der Waals surface area contributed by atoms with E-state index in [1.54, 1.807) is 19.0 Å². The molecule has 1 aromatic rings. The topological polar surface area (TPSA) is 82.1 Å². The zero-order chi connectivity index (χ0) is 21.8. The number of carbonyl (C=O) groups is 2. The van der Waals surface area contributed by atoms with Gasteiger partial charge in [0.2, 0.25) is 0 Å². The predicted octanol–water partition coefficient (Wildman–Crippen LogP) is 2.41. The lowest BCUT2D eigenvalue weighted by Gasteiger charge is -2.28. The second kappa shape index (κ2) is 9.31. The van der Waals surface area contributed by atoms with Crippen molar-refractivity contribution in [3.05, 3.63) is 21.9 Å². The number of carbonyl (C=O) groups excluding carboxylic acids is 1. The van der Waals surface area contributed by atoms with Gasteiger partial charge in [-0.2, -0.15) is 13.2 Å². The third-order valence-corrected chi connectivity index (χ3v) is 5.99. The van der Waals surface area contributed by atoms with Gasteiger partial charge in [-0.15, -0.1) is 11.3 Å². The highest BCUT2D eigenvalue weighted by atomic mass is 32.1. The molecular weight excluding hydrogens is 411 g/mol. The molecule has 2 aliphatic rings. The fraction of sp³-hybridized carbons (Fsp3) is 0.667. The average Bonchev–Trinajstić information content (AvgIpc) is 3.26. The number of hydrogen-bond donors (Lipinski definition) is 2. The number of rotatable bonds is 4. The van der Waals surface area contributed by atoms with Crippen LogP contribution in [0.25, 0.3) is 0 Å². The summed E-state index contributed by atoms with van der Waals surface area (Å²) in [6, 6.07) is 4.39. The number of aryl methyl sites for hydroxylation is 1. The Balaban J connectivity index is 0.000000370. The van der Waals surface area contributed by atoms with Gasteiger partial charge in [0.15, 0.2) is 0 Å². The number of carboxylic acids is 1. The summed E-state index contributed by atoms with van der Waals surface area (Å²) in [7, 11) is 3.55. The van der Waals surface area contributed by atoms with Crippen LogP contribution in [0.2, 0.25) is 0 Å². The highest BCUT2D eigenvalue weighted by Crippen LogP contribution is 2.41. The molecule has 3 rings (SSSR count). The van der Waals surface area contributed by atoms with E-state index in [1.165, 1.54) is 9.75 Å². The number of ether oxygens (including phenoxy) is 1. The minimum Gasteiger partial charge on any atom is -0.475 e. The predicted molar refractivity (Wildman–Crippen MR) is 102 cm³/mol. The summed E-state index contributed by atoms with van der Waals surface area (Å²) in [5.74, 6) is -2.23. The summed E-state index contributed by atoms with van der Waals surface area (Å²) in [5.41, 5.74) is 0.0813. The Morgan fingerprint density at radius 1 is 1.41 bits per heavy atom. The van der Waals surface area contributed by atoms with Gasteiger partial charge >= 0.3 is 18.2 Å². The number of carboxylic acid groups (broad SMARTS) is 1. The molecule has 0 saturated carbocycles. The van der Waals surface area contributed by atoms with Gasteiger partial charge in [-0.3, -0.25) is 4.90 Å². The van der Waals surface area contributed by atoms with Crippen molar-refractivity contribution in [1.82, 2.24) is 15.1 Å². The zero-order valence-electron chi connectivity index (χ0n) is 16.6. The molecule has 0 spiro atoms. The maximum atomic E-state index is 11.8. The zero-order valence-corrected chi connectivity index (χ0v) is 17.4. The van der Waals surface area contributed by atoms with E-state index in [0.29, 0.717) is 12.5 Å². The van der Waals surface area contributed by atoms with E-state index in [0.717, 1.165) is 32.8 Å². The van der Waals surface area contributed by atoms with Crippen LogP contribution in [-0.2, 0) is 16.1 Å². The molecule has 29 heavy (non-hydrogen) atoms. The molecule has 3 heterocycles. The number of nitrogens with one attached hydrogen (secondary N) is 1. The van der Waals surface area contributed by atoms with Crippen molar-refractivity contribution in [2.75, 3.05) is 46.9 Å². The maximum Gasteiger partial charge on any atom is 0.490 e. The van der Waals surface area contributed by atoms with Crippen LogP contribution in [0.1, 0.15) is 9.75 Å².